The molecule has 0 atom stereocenters. The van der Waals surface area contributed by atoms with Crippen molar-refractivity contribution in [1.29, 1.82) is 0 Å². The van der Waals surface area contributed by atoms with E-state index < -0.39 is 5.97 Å². The molecule has 4 rings (SSSR count). The first-order chi connectivity index (χ1) is 16.5. The second-order valence-electron chi connectivity index (χ2n) is 7.51. The van der Waals surface area contributed by atoms with Crippen molar-refractivity contribution >= 4 is 35.8 Å². The number of pyridine rings is 1. The van der Waals surface area contributed by atoms with Gasteiger partial charge in [-0.25, -0.2) is 4.98 Å². The van der Waals surface area contributed by atoms with Crippen LogP contribution in [0.4, 0.5) is 5.82 Å². The number of ether oxygens (including phenoxy) is 1. The standard InChI is InChI=1S/C25H23ClN4O4.ClH/c1-3-33-21-13-16(8-9-19(21)18-7-5-4-6-15(18)2)25-29-23(30-34-25)17-12-20(26)24(28-14-17)27-11-10-22(31)32;/h4-9,12-14H,3,10-11H2,1-2H3,(H,27,28)(H,31,32);1H. The minimum absolute atomic E-state index is 0. The number of nitrogens with one attached hydrogen (secondary N) is 1. The predicted octanol–water partition coefficient (Wildman–Crippen LogP) is 6.13. The molecule has 8 nitrogen and oxygen atoms in total. The average Bonchev–Trinajstić information content (AvgIpc) is 3.31. The van der Waals surface area contributed by atoms with Crippen molar-refractivity contribution in [3.63, 3.8) is 0 Å². The fourth-order valence-corrected chi connectivity index (χ4v) is 3.70. The Labute approximate surface area is 213 Å². The van der Waals surface area contributed by atoms with Crippen molar-refractivity contribution in [2.75, 3.05) is 18.5 Å². The molecule has 0 saturated carbocycles. The fourth-order valence-electron chi connectivity index (χ4n) is 3.46. The number of hydrogen-bond acceptors (Lipinski definition) is 7. The van der Waals surface area contributed by atoms with Gasteiger partial charge >= 0.3 is 5.97 Å². The summed E-state index contributed by atoms with van der Waals surface area (Å²) < 4.78 is 11.4. The number of aromatic nitrogens is 3. The van der Waals surface area contributed by atoms with Crippen molar-refractivity contribution < 1.29 is 19.2 Å². The molecular weight excluding hydrogens is 491 g/mol. The van der Waals surface area contributed by atoms with Gasteiger partial charge in [0.1, 0.15) is 11.6 Å². The maximum Gasteiger partial charge on any atom is 0.305 e. The molecule has 0 amide bonds. The van der Waals surface area contributed by atoms with E-state index in [0.29, 0.717) is 34.7 Å². The third-order valence-corrected chi connectivity index (χ3v) is 5.41. The first-order valence-corrected chi connectivity index (χ1v) is 11.1. The van der Waals surface area contributed by atoms with Crippen LogP contribution in [0.2, 0.25) is 5.02 Å². The number of hydrogen-bond donors (Lipinski definition) is 2. The van der Waals surface area contributed by atoms with E-state index in [1.807, 2.05) is 37.3 Å². The van der Waals surface area contributed by atoms with Crippen LogP contribution in [0.1, 0.15) is 18.9 Å². The normalized spacial score (nSPS) is 10.5. The highest BCUT2D eigenvalue weighted by Gasteiger charge is 2.16. The van der Waals surface area contributed by atoms with Crippen LogP contribution in [-0.4, -0.2) is 39.4 Å². The minimum atomic E-state index is -0.904. The number of aliphatic carboxylic acids is 1. The van der Waals surface area contributed by atoms with Gasteiger partial charge in [-0.1, -0.05) is 41.0 Å². The summed E-state index contributed by atoms with van der Waals surface area (Å²) in [5.41, 5.74) is 4.55. The molecule has 4 aromatic rings. The van der Waals surface area contributed by atoms with Crippen LogP contribution in [-0.2, 0) is 4.79 Å². The topological polar surface area (TPSA) is 110 Å². The summed E-state index contributed by atoms with van der Waals surface area (Å²) in [5.74, 6) is 0.896. The lowest BCUT2D eigenvalue weighted by molar-refractivity contribution is -0.136. The second-order valence-corrected chi connectivity index (χ2v) is 7.91. The number of carbonyl (C=O) groups is 1. The van der Waals surface area contributed by atoms with Crippen LogP contribution >= 0.6 is 24.0 Å². The van der Waals surface area contributed by atoms with Crippen molar-refractivity contribution in [2.24, 2.45) is 0 Å². The van der Waals surface area contributed by atoms with E-state index in [1.54, 1.807) is 12.3 Å². The monoisotopic (exact) mass is 514 g/mol. The van der Waals surface area contributed by atoms with Crippen LogP contribution in [0, 0.1) is 6.92 Å². The summed E-state index contributed by atoms with van der Waals surface area (Å²) in [4.78, 5) is 19.4. The lowest BCUT2D eigenvalue weighted by atomic mass is 9.98. The smallest absolute Gasteiger partial charge is 0.305 e. The Bertz CT molecular complexity index is 1330. The molecule has 2 aromatic carbocycles. The molecule has 0 saturated heterocycles. The highest BCUT2D eigenvalue weighted by atomic mass is 35.5. The van der Waals surface area contributed by atoms with Crippen molar-refractivity contribution in [1.82, 2.24) is 15.1 Å². The summed E-state index contributed by atoms with van der Waals surface area (Å²) in [6.45, 7) is 4.74. The van der Waals surface area contributed by atoms with Gasteiger partial charge in [-0.05, 0) is 49.2 Å². The van der Waals surface area contributed by atoms with Gasteiger partial charge in [-0.3, -0.25) is 4.79 Å². The molecule has 0 aliphatic carbocycles. The Morgan fingerprint density at radius 1 is 1.14 bits per heavy atom. The van der Waals surface area contributed by atoms with E-state index >= 15 is 0 Å². The summed E-state index contributed by atoms with van der Waals surface area (Å²) in [7, 11) is 0. The van der Waals surface area contributed by atoms with E-state index in [9.17, 15) is 4.79 Å². The summed E-state index contributed by atoms with van der Waals surface area (Å²) in [5, 5.41) is 16.0. The molecule has 0 fully saturated rings. The van der Waals surface area contributed by atoms with Crippen LogP contribution in [0.15, 0.2) is 59.3 Å². The number of halogens is 2. The average molecular weight is 515 g/mol. The molecule has 10 heteroatoms. The van der Waals surface area contributed by atoms with Crippen LogP contribution in [0.25, 0.3) is 34.0 Å². The Morgan fingerprint density at radius 3 is 2.66 bits per heavy atom. The second kappa shape index (κ2) is 11.7. The highest BCUT2D eigenvalue weighted by molar-refractivity contribution is 6.33. The third-order valence-electron chi connectivity index (χ3n) is 5.12. The summed E-state index contributed by atoms with van der Waals surface area (Å²) in [6.07, 6.45) is 1.51. The summed E-state index contributed by atoms with van der Waals surface area (Å²) in [6, 6.07) is 15.6. The Balaban J connectivity index is 0.00000342. The van der Waals surface area contributed by atoms with Gasteiger partial charge < -0.3 is 19.7 Å². The molecule has 0 spiro atoms. The third kappa shape index (κ3) is 6.09. The molecule has 2 N–H and O–H groups in total. The Kier molecular flexibility index (Phi) is 8.68. The van der Waals surface area contributed by atoms with Crippen LogP contribution in [0.3, 0.4) is 0 Å². The van der Waals surface area contributed by atoms with Gasteiger partial charge in [0.15, 0.2) is 0 Å². The van der Waals surface area contributed by atoms with E-state index in [4.69, 9.17) is 26.0 Å². The summed E-state index contributed by atoms with van der Waals surface area (Å²) >= 11 is 6.29. The zero-order valence-corrected chi connectivity index (χ0v) is 20.7. The molecule has 182 valence electrons. The first kappa shape index (κ1) is 26.0. The van der Waals surface area contributed by atoms with Gasteiger partial charge in [0, 0.05) is 29.4 Å². The Morgan fingerprint density at radius 2 is 1.94 bits per heavy atom. The minimum Gasteiger partial charge on any atom is -0.493 e. The predicted molar refractivity (Wildman–Crippen MR) is 137 cm³/mol. The number of benzene rings is 2. The number of carboxylic acid groups (broad SMARTS) is 1. The maximum atomic E-state index is 10.7. The molecule has 0 bridgehead atoms. The number of nitrogens with zero attached hydrogens (tertiary/aromatic N) is 3. The molecule has 0 aliphatic rings. The molecule has 2 heterocycles. The van der Waals surface area contributed by atoms with Crippen LogP contribution < -0.4 is 10.1 Å². The number of aryl methyl sites for hydroxylation is 1. The maximum absolute atomic E-state index is 10.7. The van der Waals surface area contributed by atoms with Crippen LogP contribution in [0.5, 0.6) is 5.75 Å². The lowest BCUT2D eigenvalue weighted by Crippen LogP contribution is -2.08. The quantitative estimate of drug-likeness (QED) is 0.274. The number of anilines is 1. The zero-order valence-electron chi connectivity index (χ0n) is 19.1. The van der Waals surface area contributed by atoms with Gasteiger partial charge in [0.2, 0.25) is 5.82 Å². The molecule has 0 aliphatic heterocycles. The zero-order chi connectivity index (χ0) is 24.1. The largest absolute Gasteiger partial charge is 0.493 e. The lowest BCUT2D eigenvalue weighted by Gasteiger charge is -2.13. The number of rotatable bonds is 9. The molecule has 35 heavy (non-hydrogen) atoms. The van der Waals surface area contributed by atoms with Gasteiger partial charge in [0.05, 0.1) is 18.1 Å². The molecule has 0 radical (unpaired) electrons. The number of carboxylic acids is 1. The van der Waals surface area contributed by atoms with E-state index in [2.05, 4.69) is 39.5 Å². The van der Waals surface area contributed by atoms with Crippen molar-refractivity contribution in [3.8, 4) is 39.7 Å². The molecule has 2 aromatic heterocycles. The van der Waals surface area contributed by atoms with E-state index in [0.717, 1.165) is 28.0 Å². The van der Waals surface area contributed by atoms with Gasteiger partial charge in [-0.2, -0.15) is 4.98 Å². The van der Waals surface area contributed by atoms with Crippen molar-refractivity contribution in [2.45, 2.75) is 20.3 Å². The van der Waals surface area contributed by atoms with Crippen molar-refractivity contribution in [3.05, 3.63) is 65.3 Å². The molecule has 0 unspecified atom stereocenters. The highest BCUT2D eigenvalue weighted by Crippen LogP contribution is 2.36. The van der Waals surface area contributed by atoms with E-state index in [-0.39, 0.29) is 25.4 Å². The molecular formula is C25H24Cl2N4O4. The SMILES string of the molecule is CCOc1cc(-c2nc(-c3cnc(NCCC(=O)O)c(Cl)c3)no2)ccc1-c1ccccc1C.Cl. The van der Waals surface area contributed by atoms with Gasteiger partial charge in [0.25, 0.3) is 5.89 Å². The Hall–Kier alpha value is -3.62. The van der Waals surface area contributed by atoms with E-state index in [1.165, 1.54) is 0 Å². The fraction of sp³-hybridized carbons (Fsp3) is 0.200. The van der Waals surface area contributed by atoms with Gasteiger partial charge in [-0.15, -0.1) is 12.4 Å². The first-order valence-electron chi connectivity index (χ1n) is 10.7.